The highest BCUT2D eigenvalue weighted by Crippen LogP contribution is 2.60. The normalized spacial score (nSPS) is 28.5. The number of aryl methyl sites for hydroxylation is 1. The summed E-state index contributed by atoms with van der Waals surface area (Å²) in [5.74, 6) is 2.52. The van der Waals surface area contributed by atoms with Crippen molar-refractivity contribution in [2.45, 2.75) is 70.6 Å². The summed E-state index contributed by atoms with van der Waals surface area (Å²) < 4.78 is 0. The Morgan fingerprint density at radius 2 is 1.90 bits per heavy atom. The van der Waals surface area contributed by atoms with Crippen LogP contribution < -0.4 is 10.9 Å². The number of pyridine rings is 1. The molecule has 4 fully saturated rings. The zero-order chi connectivity index (χ0) is 21.8. The van der Waals surface area contributed by atoms with Gasteiger partial charge in [-0.25, -0.2) is 4.98 Å². The standard InChI is InChI=1S/C24H28N4O2S/c1-13-18(14(2)26-22(30)19(13)11-25)3-4-21(29)28-23-27-20(12-31-23)24-8-15-5-16(9-24)7-17(6-15)10-24/h12,15-17H,3-10H2,1-2H3,(H,26,30)(H,27,28,29). The van der Waals surface area contributed by atoms with E-state index in [1.54, 1.807) is 13.8 Å². The fourth-order valence-corrected chi connectivity index (χ4v) is 7.69. The molecule has 4 bridgehead atoms. The van der Waals surface area contributed by atoms with E-state index in [9.17, 15) is 14.9 Å². The lowest BCUT2D eigenvalue weighted by atomic mass is 9.49. The number of rotatable bonds is 5. The van der Waals surface area contributed by atoms with E-state index in [4.69, 9.17) is 4.98 Å². The molecule has 2 aromatic heterocycles. The maximum absolute atomic E-state index is 12.6. The van der Waals surface area contributed by atoms with E-state index >= 15 is 0 Å². The van der Waals surface area contributed by atoms with Crippen LogP contribution in [-0.4, -0.2) is 15.9 Å². The topological polar surface area (TPSA) is 98.6 Å². The number of amides is 1. The predicted molar refractivity (Wildman–Crippen MR) is 120 cm³/mol. The molecule has 2 aromatic rings. The molecule has 4 aliphatic carbocycles. The molecule has 0 radical (unpaired) electrons. The van der Waals surface area contributed by atoms with Gasteiger partial charge in [-0.15, -0.1) is 11.3 Å². The molecule has 6 nitrogen and oxygen atoms in total. The minimum atomic E-state index is -0.370. The second kappa shape index (κ2) is 7.59. The van der Waals surface area contributed by atoms with Crippen LogP contribution in [0.3, 0.4) is 0 Å². The van der Waals surface area contributed by atoms with Gasteiger partial charge in [0.1, 0.15) is 11.6 Å². The maximum atomic E-state index is 12.6. The molecule has 31 heavy (non-hydrogen) atoms. The molecule has 4 saturated carbocycles. The van der Waals surface area contributed by atoms with Crippen molar-refractivity contribution in [2.75, 3.05) is 5.32 Å². The molecule has 2 N–H and O–H groups in total. The molecule has 0 aliphatic heterocycles. The van der Waals surface area contributed by atoms with Gasteiger partial charge in [-0.1, -0.05) is 0 Å². The molecule has 0 unspecified atom stereocenters. The highest BCUT2D eigenvalue weighted by atomic mass is 32.1. The molecule has 6 rings (SSSR count). The minimum Gasteiger partial charge on any atom is -0.325 e. The fourth-order valence-electron chi connectivity index (χ4n) is 6.84. The fraction of sp³-hybridized carbons (Fsp3) is 0.583. The summed E-state index contributed by atoms with van der Waals surface area (Å²) >= 11 is 1.53. The van der Waals surface area contributed by atoms with E-state index < -0.39 is 0 Å². The van der Waals surface area contributed by atoms with Crippen molar-refractivity contribution in [3.63, 3.8) is 0 Å². The van der Waals surface area contributed by atoms with Crippen LogP contribution in [0.15, 0.2) is 10.2 Å². The lowest BCUT2D eigenvalue weighted by molar-refractivity contribution is -0.116. The van der Waals surface area contributed by atoms with Crippen molar-refractivity contribution < 1.29 is 4.79 Å². The van der Waals surface area contributed by atoms with Crippen LogP contribution in [0.4, 0.5) is 5.13 Å². The van der Waals surface area contributed by atoms with Crippen molar-refractivity contribution in [1.82, 2.24) is 9.97 Å². The van der Waals surface area contributed by atoms with E-state index in [1.807, 2.05) is 6.07 Å². The molecule has 7 heteroatoms. The average molecular weight is 437 g/mol. The second-order valence-corrected chi connectivity index (χ2v) is 10.8. The lowest BCUT2D eigenvalue weighted by Gasteiger charge is -2.56. The van der Waals surface area contributed by atoms with Crippen LogP contribution in [0.2, 0.25) is 0 Å². The van der Waals surface area contributed by atoms with E-state index in [0.717, 1.165) is 23.3 Å². The van der Waals surface area contributed by atoms with Gasteiger partial charge in [0.05, 0.1) is 5.69 Å². The number of carbonyl (C=O) groups is 1. The zero-order valence-electron chi connectivity index (χ0n) is 18.1. The quantitative estimate of drug-likeness (QED) is 0.727. The van der Waals surface area contributed by atoms with Gasteiger partial charge < -0.3 is 10.3 Å². The number of aromatic nitrogens is 2. The number of carbonyl (C=O) groups excluding carboxylic acids is 1. The molecule has 4 aliphatic rings. The molecule has 0 spiro atoms. The summed E-state index contributed by atoms with van der Waals surface area (Å²) in [4.78, 5) is 32.1. The number of anilines is 1. The summed E-state index contributed by atoms with van der Waals surface area (Å²) in [6, 6.07) is 1.96. The Bertz CT molecular complexity index is 1100. The zero-order valence-corrected chi connectivity index (χ0v) is 18.9. The Morgan fingerprint density at radius 3 is 2.52 bits per heavy atom. The van der Waals surface area contributed by atoms with Gasteiger partial charge in [0.15, 0.2) is 5.13 Å². The smallest absolute Gasteiger partial charge is 0.266 e. The molecule has 2 heterocycles. The Morgan fingerprint density at radius 1 is 1.26 bits per heavy atom. The van der Waals surface area contributed by atoms with Gasteiger partial charge in [-0.2, -0.15) is 5.26 Å². The largest absolute Gasteiger partial charge is 0.325 e. The molecule has 1 amide bonds. The number of nitrogens with zero attached hydrogens (tertiary/aromatic N) is 2. The van der Waals surface area contributed by atoms with E-state index in [1.165, 1.54) is 55.6 Å². The number of aromatic amines is 1. The Kier molecular flexibility index (Phi) is 5.01. The number of hydrogen-bond donors (Lipinski definition) is 2. The van der Waals surface area contributed by atoms with Crippen LogP contribution in [0.25, 0.3) is 0 Å². The maximum Gasteiger partial charge on any atom is 0.266 e. The number of nitrogens with one attached hydrogen (secondary N) is 2. The van der Waals surface area contributed by atoms with Gasteiger partial charge in [0.25, 0.3) is 5.56 Å². The number of hydrogen-bond acceptors (Lipinski definition) is 5. The van der Waals surface area contributed by atoms with Crippen molar-refractivity contribution >= 4 is 22.4 Å². The third kappa shape index (κ3) is 3.61. The van der Waals surface area contributed by atoms with Gasteiger partial charge in [-0.05, 0) is 87.7 Å². The van der Waals surface area contributed by atoms with E-state index in [-0.39, 0.29) is 28.9 Å². The van der Waals surface area contributed by atoms with E-state index in [0.29, 0.717) is 22.8 Å². The summed E-state index contributed by atoms with van der Waals surface area (Å²) in [6.45, 7) is 3.58. The third-order valence-corrected chi connectivity index (χ3v) is 8.61. The Labute approximate surface area is 186 Å². The van der Waals surface area contributed by atoms with Gasteiger partial charge in [-0.3, -0.25) is 9.59 Å². The molecular formula is C24H28N4O2S. The monoisotopic (exact) mass is 436 g/mol. The molecule has 0 saturated heterocycles. The second-order valence-electron chi connectivity index (χ2n) is 9.95. The Hall–Kier alpha value is -2.46. The third-order valence-electron chi connectivity index (χ3n) is 7.85. The summed E-state index contributed by atoms with van der Waals surface area (Å²) in [5, 5.41) is 15.0. The molecule has 0 atom stereocenters. The first-order valence-corrected chi connectivity index (χ1v) is 12.1. The van der Waals surface area contributed by atoms with Gasteiger partial charge in [0.2, 0.25) is 5.91 Å². The van der Waals surface area contributed by atoms with Crippen molar-refractivity contribution in [1.29, 1.82) is 5.26 Å². The highest BCUT2D eigenvalue weighted by molar-refractivity contribution is 7.13. The number of H-pyrrole nitrogens is 1. The van der Waals surface area contributed by atoms with Gasteiger partial charge >= 0.3 is 0 Å². The van der Waals surface area contributed by atoms with Crippen LogP contribution in [0.1, 0.15) is 73.0 Å². The first-order valence-electron chi connectivity index (χ1n) is 11.2. The number of nitriles is 1. The van der Waals surface area contributed by atoms with Crippen LogP contribution in [0, 0.1) is 42.9 Å². The summed E-state index contributed by atoms with van der Waals surface area (Å²) in [5.41, 5.74) is 3.43. The SMILES string of the molecule is Cc1[nH]c(=O)c(C#N)c(C)c1CCC(=O)Nc1nc(C23CC4CC(CC(C4)C2)C3)cs1. The van der Waals surface area contributed by atoms with Crippen molar-refractivity contribution in [3.05, 3.63) is 43.8 Å². The summed E-state index contributed by atoms with van der Waals surface area (Å²) in [7, 11) is 0. The van der Waals surface area contributed by atoms with Crippen LogP contribution in [0.5, 0.6) is 0 Å². The predicted octanol–water partition coefficient (Wildman–Crippen LogP) is 4.36. The average Bonchev–Trinajstić information content (AvgIpc) is 3.16. The van der Waals surface area contributed by atoms with Crippen LogP contribution in [-0.2, 0) is 16.6 Å². The van der Waals surface area contributed by atoms with E-state index in [2.05, 4.69) is 15.7 Å². The molecule has 0 aromatic carbocycles. The summed E-state index contributed by atoms with van der Waals surface area (Å²) in [6.07, 6.45) is 8.78. The lowest BCUT2D eigenvalue weighted by Crippen LogP contribution is -2.48. The van der Waals surface area contributed by atoms with Crippen molar-refractivity contribution in [2.24, 2.45) is 17.8 Å². The molecule has 162 valence electrons. The highest BCUT2D eigenvalue weighted by Gasteiger charge is 2.52. The first-order chi connectivity index (χ1) is 14.9. The molecular weight excluding hydrogens is 408 g/mol. The van der Waals surface area contributed by atoms with Crippen LogP contribution >= 0.6 is 11.3 Å². The van der Waals surface area contributed by atoms with Crippen molar-refractivity contribution in [3.8, 4) is 6.07 Å². The minimum absolute atomic E-state index is 0.0880. The number of thiazole rings is 1. The van der Waals surface area contributed by atoms with Gasteiger partial charge in [0, 0.05) is 22.9 Å². The Balaban J connectivity index is 1.25. The first kappa shape index (κ1) is 20.4.